The van der Waals surface area contributed by atoms with Crippen LogP contribution in [0.4, 0.5) is 0 Å². The summed E-state index contributed by atoms with van der Waals surface area (Å²) in [4.78, 5) is 12.7. The third-order valence-electron chi connectivity index (χ3n) is 9.32. The number of aliphatic hydroxyl groups is 4. The predicted octanol–water partition coefficient (Wildman–Crippen LogP) is 8.41. The van der Waals surface area contributed by atoms with Gasteiger partial charge in [0.25, 0.3) is 0 Å². The van der Waals surface area contributed by atoms with Crippen molar-refractivity contribution in [3.05, 3.63) is 36.5 Å². The SMILES string of the molecule is CC/C=C\C/C=C\C/C=C\CCCCCCCCCC(=O)OC(COCCCCCCCCCCCCC)COC1OC(CO)C(O)C(O)C1O. The molecule has 1 aliphatic heterocycles. The Bertz CT molecular complexity index is 874. The largest absolute Gasteiger partial charge is 0.457 e. The number of rotatable bonds is 34. The van der Waals surface area contributed by atoms with Gasteiger partial charge in [-0.3, -0.25) is 4.79 Å². The summed E-state index contributed by atoms with van der Waals surface area (Å²) in [6, 6.07) is 0. The van der Waals surface area contributed by atoms with E-state index in [0.29, 0.717) is 13.0 Å². The Balaban J connectivity index is 2.30. The normalized spacial score (nSPS) is 21.7. The second-order valence-corrected chi connectivity index (χ2v) is 14.1. The van der Waals surface area contributed by atoms with Crippen molar-refractivity contribution in [2.75, 3.05) is 26.4 Å². The minimum absolute atomic E-state index is 0.116. The first-order valence-electron chi connectivity index (χ1n) is 20.6. The van der Waals surface area contributed by atoms with Crippen molar-refractivity contribution in [1.29, 1.82) is 0 Å². The molecule has 0 bridgehead atoms. The molecule has 9 heteroatoms. The molecule has 1 heterocycles. The van der Waals surface area contributed by atoms with Gasteiger partial charge in [-0.15, -0.1) is 0 Å². The lowest BCUT2D eigenvalue weighted by Gasteiger charge is -2.39. The van der Waals surface area contributed by atoms with Crippen LogP contribution in [0.1, 0.15) is 162 Å². The summed E-state index contributed by atoms with van der Waals surface area (Å²) in [6.45, 7) is 4.43. The first kappa shape index (κ1) is 47.4. The molecule has 0 saturated carbocycles. The Labute approximate surface area is 310 Å². The van der Waals surface area contributed by atoms with Gasteiger partial charge >= 0.3 is 5.97 Å². The standard InChI is InChI=1S/C42H76O9/c1-3-5-7-9-11-13-15-16-17-18-19-20-21-23-25-27-29-31-38(44)50-36(35-49-42-41(47)40(46)39(45)37(33-43)51-42)34-48-32-30-28-26-24-22-14-12-10-8-6-4-2/h5,7,11,13,16-17,36-37,39-43,45-47H,3-4,6,8-10,12,14-15,18-35H2,1-2H3/b7-5-,13-11-,17-16-. The first-order chi connectivity index (χ1) is 24.9. The van der Waals surface area contributed by atoms with E-state index >= 15 is 0 Å². The number of hydrogen-bond donors (Lipinski definition) is 4. The lowest BCUT2D eigenvalue weighted by atomic mass is 9.99. The quantitative estimate of drug-likeness (QED) is 0.0293. The van der Waals surface area contributed by atoms with Gasteiger partial charge in [0.05, 0.1) is 19.8 Å². The number of unbranched alkanes of at least 4 members (excludes halogenated alkanes) is 17. The number of carbonyl (C=O) groups is 1. The topological polar surface area (TPSA) is 135 Å². The minimum atomic E-state index is -1.54. The van der Waals surface area contributed by atoms with Gasteiger partial charge in [0.2, 0.25) is 0 Å². The number of allylic oxidation sites excluding steroid dienone is 6. The molecule has 9 nitrogen and oxygen atoms in total. The second kappa shape index (κ2) is 34.2. The number of esters is 1. The van der Waals surface area contributed by atoms with E-state index in [2.05, 4.69) is 50.3 Å². The molecule has 1 fully saturated rings. The van der Waals surface area contributed by atoms with Crippen LogP contribution in [-0.2, 0) is 23.7 Å². The zero-order valence-corrected chi connectivity index (χ0v) is 32.4. The van der Waals surface area contributed by atoms with E-state index in [1.165, 1.54) is 77.0 Å². The summed E-state index contributed by atoms with van der Waals surface area (Å²) in [5.74, 6) is -0.324. The summed E-state index contributed by atoms with van der Waals surface area (Å²) in [6.07, 6.45) is 31.6. The van der Waals surface area contributed by atoms with Crippen LogP contribution in [-0.4, -0.2) is 89.6 Å². The smallest absolute Gasteiger partial charge is 0.306 e. The van der Waals surface area contributed by atoms with E-state index in [4.69, 9.17) is 18.9 Å². The lowest BCUT2D eigenvalue weighted by Crippen LogP contribution is -2.59. The molecule has 0 amide bonds. The molecule has 0 radical (unpaired) electrons. The Kier molecular flexibility index (Phi) is 31.8. The average Bonchev–Trinajstić information content (AvgIpc) is 3.13. The first-order valence-corrected chi connectivity index (χ1v) is 20.6. The van der Waals surface area contributed by atoms with Gasteiger partial charge in [0.15, 0.2) is 6.29 Å². The zero-order chi connectivity index (χ0) is 37.2. The highest BCUT2D eigenvalue weighted by Crippen LogP contribution is 2.22. The van der Waals surface area contributed by atoms with Crippen LogP contribution in [0, 0.1) is 0 Å². The fraction of sp³-hybridized carbons (Fsp3) is 0.833. The number of ether oxygens (including phenoxy) is 4. The maximum absolute atomic E-state index is 12.7. The zero-order valence-electron chi connectivity index (χ0n) is 32.4. The van der Waals surface area contributed by atoms with Gasteiger partial charge in [-0.25, -0.2) is 0 Å². The molecule has 51 heavy (non-hydrogen) atoms. The highest BCUT2D eigenvalue weighted by molar-refractivity contribution is 5.69. The van der Waals surface area contributed by atoms with Crippen LogP contribution in [0.25, 0.3) is 0 Å². The predicted molar refractivity (Wildman–Crippen MR) is 205 cm³/mol. The fourth-order valence-electron chi connectivity index (χ4n) is 6.09. The number of hydrogen-bond acceptors (Lipinski definition) is 9. The van der Waals surface area contributed by atoms with Crippen molar-refractivity contribution in [3.8, 4) is 0 Å². The second-order valence-electron chi connectivity index (χ2n) is 14.1. The van der Waals surface area contributed by atoms with Crippen LogP contribution in [0.5, 0.6) is 0 Å². The van der Waals surface area contributed by atoms with Crippen LogP contribution < -0.4 is 0 Å². The summed E-state index contributed by atoms with van der Waals surface area (Å²) in [7, 11) is 0. The Morgan fingerprint density at radius 1 is 0.647 bits per heavy atom. The van der Waals surface area contributed by atoms with Crippen molar-refractivity contribution < 1.29 is 44.2 Å². The highest BCUT2D eigenvalue weighted by Gasteiger charge is 2.44. The van der Waals surface area contributed by atoms with E-state index in [0.717, 1.165) is 64.2 Å². The third kappa shape index (κ3) is 25.9. The minimum Gasteiger partial charge on any atom is -0.457 e. The van der Waals surface area contributed by atoms with Crippen LogP contribution in [0.15, 0.2) is 36.5 Å². The fourth-order valence-corrected chi connectivity index (χ4v) is 6.09. The summed E-state index contributed by atoms with van der Waals surface area (Å²) in [5, 5.41) is 40.0. The molecule has 1 saturated heterocycles. The molecule has 0 aromatic rings. The van der Waals surface area contributed by atoms with Crippen molar-refractivity contribution in [2.45, 2.75) is 198 Å². The van der Waals surface area contributed by atoms with E-state index in [1.54, 1.807) is 0 Å². The maximum Gasteiger partial charge on any atom is 0.306 e. The molecule has 0 aliphatic carbocycles. The van der Waals surface area contributed by atoms with Crippen LogP contribution >= 0.6 is 0 Å². The lowest BCUT2D eigenvalue weighted by molar-refractivity contribution is -0.305. The average molecular weight is 725 g/mol. The van der Waals surface area contributed by atoms with E-state index in [1.807, 2.05) is 0 Å². The monoisotopic (exact) mass is 725 g/mol. The van der Waals surface area contributed by atoms with Gasteiger partial charge in [0.1, 0.15) is 30.5 Å². The van der Waals surface area contributed by atoms with Crippen molar-refractivity contribution in [1.82, 2.24) is 0 Å². The highest BCUT2D eigenvalue weighted by atomic mass is 16.7. The molecular weight excluding hydrogens is 648 g/mol. The van der Waals surface area contributed by atoms with Crippen LogP contribution in [0.2, 0.25) is 0 Å². The molecule has 0 spiro atoms. The van der Waals surface area contributed by atoms with E-state index in [9.17, 15) is 25.2 Å². The Morgan fingerprint density at radius 3 is 1.80 bits per heavy atom. The van der Waals surface area contributed by atoms with Crippen LogP contribution in [0.3, 0.4) is 0 Å². The summed E-state index contributed by atoms with van der Waals surface area (Å²) < 4.78 is 22.7. The van der Waals surface area contributed by atoms with Crippen molar-refractivity contribution in [3.63, 3.8) is 0 Å². The molecule has 6 unspecified atom stereocenters. The van der Waals surface area contributed by atoms with Gasteiger partial charge in [-0.05, 0) is 44.9 Å². The number of carbonyl (C=O) groups excluding carboxylic acids is 1. The van der Waals surface area contributed by atoms with Gasteiger partial charge in [-0.2, -0.15) is 0 Å². The maximum atomic E-state index is 12.7. The third-order valence-corrected chi connectivity index (χ3v) is 9.32. The van der Waals surface area contributed by atoms with Gasteiger partial charge < -0.3 is 39.4 Å². The van der Waals surface area contributed by atoms with Gasteiger partial charge in [0, 0.05) is 13.0 Å². The van der Waals surface area contributed by atoms with Crippen molar-refractivity contribution >= 4 is 5.97 Å². The van der Waals surface area contributed by atoms with Gasteiger partial charge in [-0.1, -0.05) is 147 Å². The molecule has 298 valence electrons. The molecule has 1 rings (SSSR count). The molecule has 0 aromatic carbocycles. The molecule has 1 aliphatic rings. The molecular formula is C42H76O9. The molecule has 4 N–H and O–H groups in total. The Morgan fingerprint density at radius 2 is 1.20 bits per heavy atom. The number of aliphatic hydroxyl groups excluding tert-OH is 4. The summed E-state index contributed by atoms with van der Waals surface area (Å²) in [5.41, 5.74) is 0. The summed E-state index contributed by atoms with van der Waals surface area (Å²) >= 11 is 0. The molecule has 6 atom stereocenters. The van der Waals surface area contributed by atoms with Crippen molar-refractivity contribution in [2.24, 2.45) is 0 Å². The van der Waals surface area contributed by atoms with E-state index in [-0.39, 0.29) is 19.2 Å². The Hall–Kier alpha value is -1.59. The van der Waals surface area contributed by atoms with E-state index < -0.39 is 43.4 Å². The molecule has 0 aromatic heterocycles.